The van der Waals surface area contributed by atoms with Gasteiger partial charge < -0.3 is 19.5 Å². The molecule has 3 rings (SSSR count). The molecule has 0 saturated heterocycles. The third kappa shape index (κ3) is 3.38. The third-order valence-electron chi connectivity index (χ3n) is 3.91. The summed E-state index contributed by atoms with van der Waals surface area (Å²) in [6, 6.07) is 5.75. The minimum atomic E-state index is 0.414. The van der Waals surface area contributed by atoms with Crippen molar-refractivity contribution in [3.8, 4) is 17.6 Å². The number of hydrogen-bond acceptors (Lipinski definition) is 7. The van der Waals surface area contributed by atoms with Crippen LogP contribution in [0, 0.1) is 11.3 Å². The molecule has 2 aromatic heterocycles. The highest BCUT2D eigenvalue weighted by Gasteiger charge is 2.15. The summed E-state index contributed by atoms with van der Waals surface area (Å²) < 4.78 is 17.6. The number of rotatable bonds is 7. The topological polar surface area (TPSA) is 94.2 Å². The lowest BCUT2D eigenvalue weighted by Crippen LogP contribution is -2.04. The molecule has 134 valence electrons. The second-order valence-corrected chi connectivity index (χ2v) is 5.49. The van der Waals surface area contributed by atoms with Gasteiger partial charge in [0.15, 0.2) is 0 Å². The summed E-state index contributed by atoms with van der Waals surface area (Å²) in [5.74, 6) is 1.19. The van der Waals surface area contributed by atoms with Gasteiger partial charge in [0.1, 0.15) is 23.1 Å². The van der Waals surface area contributed by atoms with E-state index in [9.17, 15) is 5.26 Å². The summed E-state index contributed by atoms with van der Waals surface area (Å²) in [6.07, 6.45) is 5.07. The average Bonchev–Trinajstić information content (AvgIpc) is 3.13. The molecule has 0 radical (unpaired) electrons. The number of ether oxygens (including phenoxy) is 3. The minimum absolute atomic E-state index is 0.414. The maximum atomic E-state index is 9.50. The van der Waals surface area contributed by atoms with Crippen LogP contribution < -0.4 is 14.8 Å². The molecule has 3 aromatic rings. The summed E-state index contributed by atoms with van der Waals surface area (Å²) >= 11 is 0. The van der Waals surface area contributed by atoms with Crippen molar-refractivity contribution < 1.29 is 14.2 Å². The van der Waals surface area contributed by atoms with Gasteiger partial charge in [-0.2, -0.15) is 10.4 Å². The van der Waals surface area contributed by atoms with Crippen LogP contribution in [0.4, 0.5) is 11.4 Å². The Balaban J connectivity index is 2.08. The Morgan fingerprint density at radius 2 is 2.04 bits per heavy atom. The standard InChI is InChI=1S/C18H19N5O3/c1-24-5-4-23-11-13(10-21-23)22-17-12(8-19)9-20-18-15(17)6-14(25-2)7-16(18)26-3/h6-7,9-11H,4-5H2,1-3H3,(H,20,22). The minimum Gasteiger partial charge on any atom is -0.497 e. The highest BCUT2D eigenvalue weighted by Crippen LogP contribution is 2.36. The molecule has 8 nitrogen and oxygen atoms in total. The summed E-state index contributed by atoms with van der Waals surface area (Å²) in [6.45, 7) is 1.21. The highest BCUT2D eigenvalue weighted by atomic mass is 16.5. The van der Waals surface area contributed by atoms with Gasteiger partial charge in [0.2, 0.25) is 0 Å². The van der Waals surface area contributed by atoms with E-state index in [1.54, 1.807) is 38.3 Å². The van der Waals surface area contributed by atoms with Crippen molar-refractivity contribution in [2.45, 2.75) is 6.54 Å². The first-order chi connectivity index (χ1) is 12.7. The quantitative estimate of drug-likeness (QED) is 0.698. The van der Waals surface area contributed by atoms with Gasteiger partial charge >= 0.3 is 0 Å². The Labute approximate surface area is 150 Å². The first-order valence-corrected chi connectivity index (χ1v) is 7.93. The maximum absolute atomic E-state index is 9.50. The zero-order valence-electron chi connectivity index (χ0n) is 14.8. The SMILES string of the molecule is COCCn1cc(Nc2c(C#N)cnc3c(OC)cc(OC)cc23)cn1. The summed E-state index contributed by atoms with van der Waals surface area (Å²) in [5.41, 5.74) is 2.44. The smallest absolute Gasteiger partial charge is 0.148 e. The lowest BCUT2D eigenvalue weighted by atomic mass is 10.1. The molecule has 0 saturated carbocycles. The number of anilines is 2. The van der Waals surface area contributed by atoms with Gasteiger partial charge in [0, 0.05) is 31.0 Å². The van der Waals surface area contributed by atoms with E-state index in [-0.39, 0.29) is 0 Å². The van der Waals surface area contributed by atoms with Crippen molar-refractivity contribution in [3.63, 3.8) is 0 Å². The molecule has 0 atom stereocenters. The fourth-order valence-corrected chi connectivity index (χ4v) is 2.62. The van der Waals surface area contributed by atoms with Crippen LogP contribution in [0.5, 0.6) is 11.5 Å². The van der Waals surface area contributed by atoms with Gasteiger partial charge in [-0.15, -0.1) is 0 Å². The molecule has 0 fully saturated rings. The van der Waals surface area contributed by atoms with E-state index in [2.05, 4.69) is 21.5 Å². The molecule has 0 aliphatic heterocycles. The van der Waals surface area contributed by atoms with Gasteiger partial charge in [-0.1, -0.05) is 0 Å². The average molecular weight is 353 g/mol. The molecule has 1 aromatic carbocycles. The fourth-order valence-electron chi connectivity index (χ4n) is 2.62. The van der Waals surface area contributed by atoms with E-state index in [1.807, 2.05) is 12.3 Å². The van der Waals surface area contributed by atoms with Crippen LogP contribution in [0.15, 0.2) is 30.7 Å². The Hall–Kier alpha value is -3.31. The van der Waals surface area contributed by atoms with Crippen molar-refractivity contribution in [2.75, 3.05) is 33.3 Å². The van der Waals surface area contributed by atoms with Crippen molar-refractivity contribution in [2.24, 2.45) is 0 Å². The summed E-state index contributed by atoms with van der Waals surface area (Å²) in [4.78, 5) is 4.37. The number of nitriles is 1. The zero-order valence-corrected chi connectivity index (χ0v) is 14.8. The van der Waals surface area contributed by atoms with Gasteiger partial charge in [0.25, 0.3) is 0 Å². The van der Waals surface area contributed by atoms with Crippen molar-refractivity contribution in [1.29, 1.82) is 5.26 Å². The second kappa shape index (κ2) is 7.72. The molecule has 0 unspecified atom stereocenters. The number of nitrogens with zero attached hydrogens (tertiary/aromatic N) is 4. The number of nitrogens with one attached hydrogen (secondary N) is 1. The van der Waals surface area contributed by atoms with E-state index < -0.39 is 0 Å². The van der Waals surface area contributed by atoms with E-state index >= 15 is 0 Å². The van der Waals surface area contributed by atoms with Crippen LogP contribution in [-0.2, 0) is 11.3 Å². The Kier molecular flexibility index (Phi) is 5.20. The number of hydrogen-bond donors (Lipinski definition) is 1. The molecule has 0 amide bonds. The van der Waals surface area contributed by atoms with Crippen molar-refractivity contribution in [1.82, 2.24) is 14.8 Å². The molecular formula is C18H19N5O3. The van der Waals surface area contributed by atoms with Crippen molar-refractivity contribution in [3.05, 3.63) is 36.3 Å². The first kappa shape index (κ1) is 17.5. The van der Waals surface area contributed by atoms with Crippen LogP contribution in [-0.4, -0.2) is 42.7 Å². The molecule has 0 spiro atoms. The molecule has 26 heavy (non-hydrogen) atoms. The normalized spacial score (nSPS) is 10.5. The molecule has 0 aliphatic rings. The molecule has 2 heterocycles. The number of benzene rings is 1. The first-order valence-electron chi connectivity index (χ1n) is 7.93. The number of methoxy groups -OCH3 is 3. The maximum Gasteiger partial charge on any atom is 0.148 e. The van der Waals surface area contributed by atoms with E-state index in [0.29, 0.717) is 41.4 Å². The predicted molar refractivity (Wildman–Crippen MR) is 96.9 cm³/mol. The highest BCUT2D eigenvalue weighted by molar-refractivity contribution is 5.99. The number of fused-ring (bicyclic) bond motifs is 1. The predicted octanol–water partition coefficient (Wildman–Crippen LogP) is 2.71. The van der Waals surface area contributed by atoms with Gasteiger partial charge in [-0.3, -0.25) is 9.67 Å². The van der Waals surface area contributed by atoms with Crippen LogP contribution in [0.25, 0.3) is 10.9 Å². The van der Waals surface area contributed by atoms with Crippen LogP contribution in [0.3, 0.4) is 0 Å². The van der Waals surface area contributed by atoms with Crippen LogP contribution in [0.2, 0.25) is 0 Å². The van der Waals surface area contributed by atoms with Gasteiger partial charge in [0.05, 0.1) is 50.5 Å². The van der Waals surface area contributed by atoms with Gasteiger partial charge in [-0.25, -0.2) is 0 Å². The zero-order chi connectivity index (χ0) is 18.5. The molecule has 0 aliphatic carbocycles. The largest absolute Gasteiger partial charge is 0.497 e. The third-order valence-corrected chi connectivity index (χ3v) is 3.91. The van der Waals surface area contributed by atoms with E-state index in [1.165, 1.54) is 6.20 Å². The van der Waals surface area contributed by atoms with Gasteiger partial charge in [-0.05, 0) is 6.07 Å². The lowest BCUT2D eigenvalue weighted by Gasteiger charge is -2.13. The van der Waals surface area contributed by atoms with Crippen LogP contribution >= 0.6 is 0 Å². The Morgan fingerprint density at radius 3 is 2.73 bits per heavy atom. The Bertz CT molecular complexity index is 961. The summed E-state index contributed by atoms with van der Waals surface area (Å²) in [5, 5.41) is 17.8. The Morgan fingerprint density at radius 1 is 1.19 bits per heavy atom. The van der Waals surface area contributed by atoms with E-state index in [0.717, 1.165) is 11.1 Å². The fraction of sp³-hybridized carbons (Fsp3) is 0.278. The van der Waals surface area contributed by atoms with Crippen molar-refractivity contribution >= 4 is 22.3 Å². The molecule has 1 N–H and O–H groups in total. The number of aromatic nitrogens is 3. The van der Waals surface area contributed by atoms with Crippen LogP contribution in [0.1, 0.15) is 5.56 Å². The summed E-state index contributed by atoms with van der Waals surface area (Å²) in [7, 11) is 4.79. The van der Waals surface area contributed by atoms with E-state index in [4.69, 9.17) is 14.2 Å². The molecule has 8 heteroatoms. The molecule has 0 bridgehead atoms. The molecular weight excluding hydrogens is 334 g/mol. The lowest BCUT2D eigenvalue weighted by molar-refractivity contribution is 0.183. The number of pyridine rings is 1. The second-order valence-electron chi connectivity index (χ2n) is 5.49. The monoisotopic (exact) mass is 353 g/mol.